The summed E-state index contributed by atoms with van der Waals surface area (Å²) >= 11 is 0. The number of hydrogen-bond donors (Lipinski definition) is 2. The Balaban J connectivity index is 1.83. The Morgan fingerprint density at radius 1 is 1.38 bits per heavy atom. The van der Waals surface area contributed by atoms with Crippen LogP contribution in [0.4, 0.5) is 17.1 Å². The molecule has 1 amide bonds. The third kappa shape index (κ3) is 2.64. The van der Waals surface area contributed by atoms with E-state index in [4.69, 9.17) is 10.5 Å². The molecule has 2 heterocycles. The zero-order valence-corrected chi connectivity index (χ0v) is 12.7. The summed E-state index contributed by atoms with van der Waals surface area (Å²) in [5, 5.41) is 2.85. The average molecular weight is 289 g/mol. The van der Waals surface area contributed by atoms with Crippen LogP contribution in [-0.2, 0) is 4.79 Å². The predicted molar refractivity (Wildman–Crippen MR) is 84.8 cm³/mol. The van der Waals surface area contributed by atoms with Gasteiger partial charge in [0.05, 0.1) is 17.1 Å². The molecule has 0 aliphatic carbocycles. The van der Waals surface area contributed by atoms with E-state index >= 15 is 0 Å². The Hall–Kier alpha value is -1.91. The smallest absolute Gasteiger partial charge is 0.262 e. The number of rotatable bonds is 2. The molecular formula is C16H23N3O2. The van der Waals surface area contributed by atoms with E-state index in [0.717, 1.165) is 24.5 Å². The van der Waals surface area contributed by atoms with Crippen molar-refractivity contribution in [1.82, 2.24) is 0 Å². The number of piperidine rings is 1. The van der Waals surface area contributed by atoms with Gasteiger partial charge in [0.1, 0.15) is 5.75 Å². The highest BCUT2D eigenvalue weighted by Gasteiger charge is 2.29. The highest BCUT2D eigenvalue weighted by Crippen LogP contribution is 2.41. The van der Waals surface area contributed by atoms with Crippen molar-refractivity contribution in [1.29, 1.82) is 0 Å². The third-order valence-corrected chi connectivity index (χ3v) is 4.93. The molecule has 5 nitrogen and oxygen atoms in total. The van der Waals surface area contributed by atoms with Gasteiger partial charge >= 0.3 is 0 Å². The van der Waals surface area contributed by atoms with Gasteiger partial charge in [0.15, 0.2) is 6.61 Å². The summed E-state index contributed by atoms with van der Waals surface area (Å²) in [6.45, 7) is 6.68. The number of benzene rings is 1. The summed E-state index contributed by atoms with van der Waals surface area (Å²) in [6.07, 6.45) is 3.55. The number of nitrogen functional groups attached to an aromatic ring is 1. The minimum Gasteiger partial charge on any atom is -0.482 e. The Bertz CT molecular complexity index is 563. The molecule has 1 aromatic rings. The summed E-state index contributed by atoms with van der Waals surface area (Å²) < 4.78 is 5.40. The van der Waals surface area contributed by atoms with Gasteiger partial charge in [0.25, 0.3) is 5.91 Å². The van der Waals surface area contributed by atoms with Crippen molar-refractivity contribution in [2.24, 2.45) is 5.41 Å². The molecule has 1 aromatic carbocycles. The highest BCUT2D eigenvalue weighted by molar-refractivity contribution is 5.97. The fraction of sp³-hybridized carbons (Fsp3) is 0.562. The lowest BCUT2D eigenvalue weighted by Gasteiger charge is -2.40. The van der Waals surface area contributed by atoms with E-state index in [1.54, 1.807) is 0 Å². The van der Waals surface area contributed by atoms with E-state index in [-0.39, 0.29) is 12.5 Å². The first kappa shape index (κ1) is 14.0. The van der Waals surface area contributed by atoms with Crippen molar-refractivity contribution < 1.29 is 9.53 Å². The Kier molecular flexibility index (Phi) is 3.43. The van der Waals surface area contributed by atoms with E-state index in [9.17, 15) is 4.79 Å². The van der Waals surface area contributed by atoms with E-state index < -0.39 is 0 Å². The molecule has 3 N–H and O–H groups in total. The van der Waals surface area contributed by atoms with Gasteiger partial charge in [-0.25, -0.2) is 0 Å². The van der Waals surface area contributed by atoms with Crippen LogP contribution < -0.4 is 20.7 Å². The summed E-state index contributed by atoms with van der Waals surface area (Å²) in [7, 11) is 0. The lowest BCUT2D eigenvalue weighted by molar-refractivity contribution is -0.118. The van der Waals surface area contributed by atoms with E-state index in [1.807, 2.05) is 12.1 Å². The summed E-state index contributed by atoms with van der Waals surface area (Å²) in [6, 6.07) is 3.76. The monoisotopic (exact) mass is 289 g/mol. The first-order chi connectivity index (χ1) is 10.0. The fourth-order valence-electron chi connectivity index (χ4n) is 3.05. The molecule has 0 bridgehead atoms. The maximum atomic E-state index is 11.4. The predicted octanol–water partition coefficient (Wildman–Crippen LogP) is 2.62. The zero-order valence-electron chi connectivity index (χ0n) is 12.7. The second-order valence-corrected chi connectivity index (χ2v) is 6.40. The van der Waals surface area contributed by atoms with Crippen LogP contribution in [0.2, 0.25) is 0 Å². The number of nitrogens with zero attached hydrogens (tertiary/aromatic N) is 1. The lowest BCUT2D eigenvalue weighted by Crippen LogP contribution is -2.39. The van der Waals surface area contributed by atoms with Crippen LogP contribution in [0.15, 0.2) is 12.1 Å². The molecule has 2 aliphatic heterocycles. The molecule has 0 saturated carbocycles. The van der Waals surface area contributed by atoms with E-state index in [0.29, 0.717) is 16.9 Å². The molecule has 1 fully saturated rings. The van der Waals surface area contributed by atoms with Gasteiger partial charge in [0.2, 0.25) is 0 Å². The molecule has 3 rings (SSSR count). The molecular weight excluding hydrogens is 266 g/mol. The van der Waals surface area contributed by atoms with Crippen molar-refractivity contribution >= 4 is 23.0 Å². The fourth-order valence-corrected chi connectivity index (χ4v) is 3.05. The van der Waals surface area contributed by atoms with Gasteiger partial charge < -0.3 is 20.7 Å². The molecule has 114 valence electrons. The van der Waals surface area contributed by atoms with Crippen LogP contribution in [0.3, 0.4) is 0 Å². The van der Waals surface area contributed by atoms with Crippen LogP contribution in [0.25, 0.3) is 0 Å². The van der Waals surface area contributed by atoms with Crippen molar-refractivity contribution in [2.75, 3.05) is 35.6 Å². The van der Waals surface area contributed by atoms with Crippen LogP contribution in [-0.4, -0.2) is 25.6 Å². The molecule has 0 aromatic heterocycles. The highest BCUT2D eigenvalue weighted by atomic mass is 16.5. The number of nitrogens with one attached hydrogen (secondary N) is 1. The second-order valence-electron chi connectivity index (χ2n) is 6.40. The minimum absolute atomic E-state index is 0.0599. The first-order valence-corrected chi connectivity index (χ1v) is 7.62. The van der Waals surface area contributed by atoms with Gasteiger partial charge in [-0.3, -0.25) is 4.79 Å². The van der Waals surface area contributed by atoms with Gasteiger partial charge in [-0.05, 0) is 24.3 Å². The standard InChI is InChI=1S/C16H23N3O2/c1-3-16(2)4-6-19(7-5-16)13-9-12-14(8-11(13)17)21-10-15(20)18-12/h8-9H,3-7,10,17H2,1-2H3,(H,18,20). The Labute approximate surface area is 125 Å². The topological polar surface area (TPSA) is 67.6 Å². The Morgan fingerprint density at radius 2 is 2.10 bits per heavy atom. The van der Waals surface area contributed by atoms with Gasteiger partial charge in [-0.2, -0.15) is 0 Å². The zero-order chi connectivity index (χ0) is 15.0. The molecule has 5 heteroatoms. The van der Waals surface area contributed by atoms with E-state index in [2.05, 4.69) is 24.1 Å². The lowest BCUT2D eigenvalue weighted by atomic mass is 9.78. The number of carbonyl (C=O) groups excluding carboxylic acids is 1. The molecule has 0 spiro atoms. The number of amides is 1. The molecule has 0 atom stereocenters. The van der Waals surface area contributed by atoms with Crippen LogP contribution >= 0.6 is 0 Å². The molecule has 0 unspecified atom stereocenters. The number of hydrogen-bond acceptors (Lipinski definition) is 4. The average Bonchev–Trinajstić information content (AvgIpc) is 2.48. The summed E-state index contributed by atoms with van der Waals surface area (Å²) in [5.41, 5.74) is 9.05. The summed E-state index contributed by atoms with van der Waals surface area (Å²) in [5.74, 6) is 0.543. The van der Waals surface area contributed by atoms with Crippen LogP contribution in [0.5, 0.6) is 5.75 Å². The maximum Gasteiger partial charge on any atom is 0.262 e. The van der Waals surface area contributed by atoms with Crippen molar-refractivity contribution in [3.63, 3.8) is 0 Å². The largest absolute Gasteiger partial charge is 0.482 e. The van der Waals surface area contributed by atoms with Gasteiger partial charge in [-0.15, -0.1) is 0 Å². The number of ether oxygens (including phenoxy) is 1. The molecule has 21 heavy (non-hydrogen) atoms. The minimum atomic E-state index is -0.115. The van der Waals surface area contributed by atoms with Crippen molar-refractivity contribution in [3.05, 3.63) is 12.1 Å². The van der Waals surface area contributed by atoms with Crippen LogP contribution in [0.1, 0.15) is 33.1 Å². The normalized spacial score (nSPS) is 20.5. The SMILES string of the molecule is CCC1(C)CCN(c2cc3c(cc2N)OCC(=O)N3)CC1. The molecule has 0 radical (unpaired) electrons. The quantitative estimate of drug-likeness (QED) is 0.821. The van der Waals surface area contributed by atoms with Crippen molar-refractivity contribution in [2.45, 2.75) is 33.1 Å². The van der Waals surface area contributed by atoms with Gasteiger partial charge in [0, 0.05) is 19.2 Å². The van der Waals surface area contributed by atoms with Gasteiger partial charge in [-0.1, -0.05) is 20.3 Å². The number of carbonyl (C=O) groups is 1. The second kappa shape index (κ2) is 5.13. The number of nitrogens with two attached hydrogens (primary N) is 1. The van der Waals surface area contributed by atoms with Crippen molar-refractivity contribution in [3.8, 4) is 5.75 Å². The molecule has 1 saturated heterocycles. The summed E-state index contributed by atoms with van der Waals surface area (Å²) in [4.78, 5) is 13.8. The number of anilines is 3. The van der Waals surface area contributed by atoms with E-state index in [1.165, 1.54) is 19.3 Å². The number of fused-ring (bicyclic) bond motifs is 1. The Morgan fingerprint density at radius 3 is 2.76 bits per heavy atom. The maximum absolute atomic E-state index is 11.4. The molecule has 2 aliphatic rings. The van der Waals surface area contributed by atoms with Crippen LogP contribution in [0, 0.1) is 5.41 Å². The first-order valence-electron chi connectivity index (χ1n) is 7.62. The third-order valence-electron chi connectivity index (χ3n) is 4.93.